The lowest BCUT2D eigenvalue weighted by Crippen LogP contribution is -2.42. The number of anilines is 1. The van der Waals surface area contributed by atoms with E-state index in [1.54, 1.807) is 6.07 Å². The molecule has 1 unspecified atom stereocenters. The van der Waals surface area contributed by atoms with Crippen LogP contribution in [-0.4, -0.2) is 28.6 Å². The van der Waals surface area contributed by atoms with Crippen molar-refractivity contribution in [3.8, 4) is 6.07 Å². The number of hydrogen-bond acceptors (Lipinski definition) is 6. The molecule has 0 aliphatic heterocycles. The van der Waals surface area contributed by atoms with Crippen molar-refractivity contribution in [3.63, 3.8) is 0 Å². The topological polar surface area (TPSA) is 112 Å². The van der Waals surface area contributed by atoms with Crippen molar-refractivity contribution < 1.29 is 14.4 Å². The van der Waals surface area contributed by atoms with E-state index in [0.29, 0.717) is 0 Å². The minimum Gasteiger partial charge on any atom is -0.352 e. The normalized spacial score (nSPS) is 16.2. The highest BCUT2D eigenvalue weighted by atomic mass is 32.1. The molecule has 8 heteroatoms. The van der Waals surface area contributed by atoms with E-state index in [9.17, 15) is 19.6 Å². The lowest BCUT2D eigenvalue weighted by atomic mass is 9.94. The van der Waals surface area contributed by atoms with Crippen molar-refractivity contribution in [1.82, 2.24) is 10.3 Å². The van der Waals surface area contributed by atoms with Crippen LogP contribution >= 0.6 is 11.3 Å². The number of hydrogen-bond donors (Lipinski definition) is 2. The molecular weight excluding hydrogens is 316 g/mol. The summed E-state index contributed by atoms with van der Waals surface area (Å²) in [6.45, 7) is 1.33. The van der Waals surface area contributed by atoms with E-state index in [1.165, 1.54) is 12.3 Å². The molecule has 0 bridgehead atoms. The molecule has 0 aromatic carbocycles. The Morgan fingerprint density at radius 3 is 2.65 bits per heavy atom. The Kier molecular flexibility index (Phi) is 5.82. The lowest BCUT2D eigenvalue weighted by Gasteiger charge is -2.23. The van der Waals surface area contributed by atoms with Crippen molar-refractivity contribution in [2.75, 3.05) is 5.32 Å². The second-order valence-electron chi connectivity index (χ2n) is 5.49. The highest BCUT2D eigenvalue weighted by molar-refractivity contribution is 7.14. The number of rotatable bonds is 5. The fourth-order valence-electron chi connectivity index (χ4n) is 2.51. The monoisotopic (exact) mass is 334 g/mol. The molecule has 7 nitrogen and oxygen atoms in total. The number of ketones is 1. The van der Waals surface area contributed by atoms with Crippen molar-refractivity contribution in [2.24, 2.45) is 5.92 Å². The first-order valence-corrected chi connectivity index (χ1v) is 8.36. The average Bonchev–Trinajstić information content (AvgIpc) is 2.96. The summed E-state index contributed by atoms with van der Waals surface area (Å²) in [5, 5.41) is 16.1. The summed E-state index contributed by atoms with van der Waals surface area (Å²) in [4.78, 5) is 39.4. The van der Waals surface area contributed by atoms with Crippen molar-refractivity contribution >= 4 is 34.1 Å². The molecule has 0 spiro atoms. The van der Waals surface area contributed by atoms with E-state index in [2.05, 4.69) is 15.6 Å². The predicted octanol–water partition coefficient (Wildman–Crippen LogP) is 1.87. The molecule has 0 saturated heterocycles. The minimum absolute atomic E-state index is 0.0177. The third-order valence-corrected chi connectivity index (χ3v) is 4.40. The molecule has 122 valence electrons. The first kappa shape index (κ1) is 17.1. The van der Waals surface area contributed by atoms with Crippen molar-refractivity contribution in [1.29, 1.82) is 5.26 Å². The molecule has 1 aliphatic carbocycles. The quantitative estimate of drug-likeness (QED) is 0.630. The van der Waals surface area contributed by atoms with Gasteiger partial charge in [0, 0.05) is 18.3 Å². The number of nitrogens with zero attached hydrogens (tertiary/aromatic N) is 2. The SMILES string of the molecule is CC(=O)Nc1nc(C(=O)C(C#N)C(=O)NC2CCCCC2)cs1. The molecule has 1 aliphatic rings. The van der Waals surface area contributed by atoms with Gasteiger partial charge in [-0.2, -0.15) is 5.26 Å². The van der Waals surface area contributed by atoms with Crippen LogP contribution in [0.4, 0.5) is 5.13 Å². The maximum Gasteiger partial charge on any atom is 0.245 e. The zero-order valence-corrected chi connectivity index (χ0v) is 13.6. The fraction of sp³-hybridized carbons (Fsp3) is 0.533. The molecule has 1 fully saturated rings. The summed E-state index contributed by atoms with van der Waals surface area (Å²) in [6, 6.07) is 1.79. The second kappa shape index (κ2) is 7.83. The van der Waals surface area contributed by atoms with Gasteiger partial charge in [-0.15, -0.1) is 11.3 Å². The molecule has 0 radical (unpaired) electrons. The number of aromatic nitrogens is 1. The van der Waals surface area contributed by atoms with Crippen LogP contribution in [0.5, 0.6) is 0 Å². The molecular formula is C15H18N4O3S. The number of nitriles is 1. The molecule has 1 aromatic heterocycles. The second-order valence-corrected chi connectivity index (χ2v) is 6.35. The zero-order chi connectivity index (χ0) is 16.8. The van der Waals surface area contributed by atoms with E-state index in [1.807, 2.05) is 0 Å². The van der Waals surface area contributed by atoms with Crippen LogP contribution in [0.3, 0.4) is 0 Å². The molecule has 1 heterocycles. The Morgan fingerprint density at radius 1 is 1.35 bits per heavy atom. The third-order valence-electron chi connectivity index (χ3n) is 3.64. The number of Topliss-reactive ketones (excluding diaryl/α,β-unsaturated/α-hetero) is 1. The highest BCUT2D eigenvalue weighted by Gasteiger charge is 2.31. The van der Waals surface area contributed by atoms with Crippen molar-refractivity contribution in [3.05, 3.63) is 11.1 Å². The lowest BCUT2D eigenvalue weighted by molar-refractivity contribution is -0.123. The largest absolute Gasteiger partial charge is 0.352 e. The summed E-state index contributed by atoms with van der Waals surface area (Å²) < 4.78 is 0. The maximum atomic E-state index is 12.3. The molecule has 2 rings (SSSR count). The minimum atomic E-state index is -1.41. The zero-order valence-electron chi connectivity index (χ0n) is 12.8. The van der Waals surface area contributed by atoms with Gasteiger partial charge in [-0.05, 0) is 12.8 Å². The van der Waals surface area contributed by atoms with Gasteiger partial charge < -0.3 is 10.6 Å². The maximum absolute atomic E-state index is 12.3. The predicted molar refractivity (Wildman–Crippen MR) is 84.9 cm³/mol. The summed E-state index contributed by atoms with van der Waals surface area (Å²) in [5.74, 6) is -2.93. The van der Waals surface area contributed by atoms with E-state index >= 15 is 0 Å². The van der Waals surface area contributed by atoms with Gasteiger partial charge in [-0.3, -0.25) is 14.4 Å². The molecule has 1 saturated carbocycles. The standard InChI is InChI=1S/C15H18N4O3S/c1-9(20)17-15-19-12(8-23-15)13(21)11(7-16)14(22)18-10-5-3-2-4-6-10/h8,10-11H,2-6H2,1H3,(H,18,22)(H,17,19,20). The Bertz CT molecular complexity index is 643. The van der Waals surface area contributed by atoms with Gasteiger partial charge in [0.1, 0.15) is 5.69 Å². The van der Waals surface area contributed by atoms with Crippen LogP contribution in [0.25, 0.3) is 0 Å². The van der Waals surface area contributed by atoms with Crippen LogP contribution < -0.4 is 10.6 Å². The Balaban J connectivity index is 2.02. The smallest absolute Gasteiger partial charge is 0.245 e. The Labute approximate surface area is 138 Å². The van der Waals surface area contributed by atoms with E-state index < -0.39 is 17.6 Å². The summed E-state index contributed by atoms with van der Waals surface area (Å²) in [5.41, 5.74) is 0.0177. The Hall–Kier alpha value is -2.27. The van der Waals surface area contributed by atoms with Crippen molar-refractivity contribution in [2.45, 2.75) is 45.1 Å². The van der Waals surface area contributed by atoms with Gasteiger partial charge in [-0.1, -0.05) is 19.3 Å². The Morgan fingerprint density at radius 2 is 2.04 bits per heavy atom. The number of carbonyl (C=O) groups excluding carboxylic acids is 3. The van der Waals surface area contributed by atoms with Gasteiger partial charge in [-0.25, -0.2) is 4.98 Å². The summed E-state index contributed by atoms with van der Waals surface area (Å²) >= 11 is 1.08. The van der Waals surface area contributed by atoms with Crippen LogP contribution in [0.2, 0.25) is 0 Å². The average molecular weight is 334 g/mol. The number of carbonyl (C=O) groups is 3. The van der Waals surface area contributed by atoms with Gasteiger partial charge in [0.15, 0.2) is 11.0 Å². The summed E-state index contributed by atoms with van der Waals surface area (Å²) in [6.07, 6.45) is 4.99. The first-order chi connectivity index (χ1) is 11.0. The highest BCUT2D eigenvalue weighted by Crippen LogP contribution is 2.20. The van der Waals surface area contributed by atoms with Gasteiger partial charge in [0.2, 0.25) is 17.6 Å². The summed E-state index contributed by atoms with van der Waals surface area (Å²) in [7, 11) is 0. The van der Waals surface area contributed by atoms with Crippen LogP contribution in [-0.2, 0) is 9.59 Å². The number of thiazole rings is 1. The fourth-order valence-corrected chi connectivity index (χ4v) is 3.26. The third kappa shape index (κ3) is 4.60. The van der Waals surface area contributed by atoms with Crippen LogP contribution in [0.15, 0.2) is 5.38 Å². The van der Waals surface area contributed by atoms with Crippen LogP contribution in [0.1, 0.15) is 49.5 Å². The number of amides is 2. The van der Waals surface area contributed by atoms with Crippen LogP contribution in [0, 0.1) is 17.2 Å². The molecule has 1 atom stereocenters. The first-order valence-electron chi connectivity index (χ1n) is 7.48. The van der Waals surface area contributed by atoms with E-state index in [0.717, 1.165) is 43.4 Å². The molecule has 1 aromatic rings. The number of nitrogens with one attached hydrogen (secondary N) is 2. The van der Waals surface area contributed by atoms with E-state index in [4.69, 9.17) is 0 Å². The molecule has 2 amide bonds. The van der Waals surface area contributed by atoms with E-state index in [-0.39, 0.29) is 22.8 Å². The van der Waals surface area contributed by atoms with Gasteiger partial charge in [0.25, 0.3) is 0 Å². The van der Waals surface area contributed by atoms with Gasteiger partial charge >= 0.3 is 0 Å². The molecule has 23 heavy (non-hydrogen) atoms. The molecule has 2 N–H and O–H groups in total. The van der Waals surface area contributed by atoms with Gasteiger partial charge in [0.05, 0.1) is 6.07 Å².